The van der Waals surface area contributed by atoms with Crippen LogP contribution in [0.1, 0.15) is 12.5 Å². The number of rotatable bonds is 4. The van der Waals surface area contributed by atoms with Crippen LogP contribution in [0.5, 0.6) is 5.75 Å². The van der Waals surface area contributed by atoms with Gasteiger partial charge in [-0.05, 0) is 36.6 Å². The second-order valence-electron chi connectivity index (χ2n) is 4.39. The Labute approximate surface area is 102 Å². The van der Waals surface area contributed by atoms with Crippen LogP contribution in [0, 0.1) is 5.92 Å². The summed E-state index contributed by atoms with van der Waals surface area (Å²) in [5, 5.41) is 2.27. The van der Waals surface area contributed by atoms with Crippen molar-refractivity contribution >= 4 is 10.8 Å². The molecular weight excluding hydrogens is 212 g/mol. The van der Waals surface area contributed by atoms with Gasteiger partial charge in [0.15, 0.2) is 0 Å². The average molecular weight is 230 g/mol. The zero-order valence-corrected chi connectivity index (χ0v) is 10.3. The van der Waals surface area contributed by atoms with Gasteiger partial charge in [0.2, 0.25) is 0 Å². The second kappa shape index (κ2) is 5.15. The van der Waals surface area contributed by atoms with Gasteiger partial charge in [0.1, 0.15) is 5.75 Å². The van der Waals surface area contributed by atoms with E-state index in [9.17, 15) is 0 Å². The van der Waals surface area contributed by atoms with Gasteiger partial charge in [0, 0.05) is 23.2 Å². The average Bonchev–Trinajstić information content (AvgIpc) is 2.39. The Morgan fingerprint density at radius 1 is 1.29 bits per heavy atom. The van der Waals surface area contributed by atoms with E-state index in [1.165, 1.54) is 5.56 Å². The first-order valence-corrected chi connectivity index (χ1v) is 5.86. The van der Waals surface area contributed by atoms with Crippen molar-refractivity contribution in [2.24, 2.45) is 11.7 Å². The largest absolute Gasteiger partial charge is 0.496 e. The number of benzene rings is 1. The maximum absolute atomic E-state index is 5.68. The molecule has 0 aliphatic rings. The summed E-state index contributed by atoms with van der Waals surface area (Å²) < 4.78 is 5.36. The van der Waals surface area contributed by atoms with E-state index in [0.717, 1.165) is 22.9 Å². The Hall–Kier alpha value is -1.61. The van der Waals surface area contributed by atoms with Gasteiger partial charge in [-0.1, -0.05) is 13.0 Å². The van der Waals surface area contributed by atoms with Crippen molar-refractivity contribution in [2.45, 2.75) is 13.3 Å². The molecule has 0 fully saturated rings. The summed E-state index contributed by atoms with van der Waals surface area (Å²) in [5.74, 6) is 1.37. The van der Waals surface area contributed by atoms with Gasteiger partial charge >= 0.3 is 0 Å². The van der Waals surface area contributed by atoms with E-state index >= 15 is 0 Å². The molecule has 0 amide bonds. The molecule has 2 N–H and O–H groups in total. The summed E-state index contributed by atoms with van der Waals surface area (Å²) in [6, 6.07) is 6.11. The van der Waals surface area contributed by atoms with Gasteiger partial charge in [0.05, 0.1) is 7.11 Å². The number of methoxy groups -OCH3 is 1. The van der Waals surface area contributed by atoms with Crippen LogP contribution in [0.3, 0.4) is 0 Å². The number of nitrogens with two attached hydrogens (primary N) is 1. The quantitative estimate of drug-likeness (QED) is 0.877. The summed E-state index contributed by atoms with van der Waals surface area (Å²) in [6.45, 7) is 2.86. The molecule has 1 aromatic carbocycles. The summed E-state index contributed by atoms with van der Waals surface area (Å²) in [4.78, 5) is 4.20. The predicted octanol–water partition coefficient (Wildman–Crippen LogP) is 2.38. The van der Waals surface area contributed by atoms with E-state index in [4.69, 9.17) is 10.5 Å². The minimum atomic E-state index is 0.479. The van der Waals surface area contributed by atoms with Crippen molar-refractivity contribution in [3.8, 4) is 5.75 Å². The van der Waals surface area contributed by atoms with E-state index in [1.54, 1.807) is 13.3 Å². The first-order valence-electron chi connectivity index (χ1n) is 5.86. The highest BCUT2D eigenvalue weighted by molar-refractivity contribution is 5.90. The van der Waals surface area contributed by atoms with Crippen LogP contribution in [0.25, 0.3) is 10.8 Å². The van der Waals surface area contributed by atoms with Crippen molar-refractivity contribution in [2.75, 3.05) is 13.7 Å². The van der Waals surface area contributed by atoms with E-state index in [0.29, 0.717) is 12.5 Å². The lowest BCUT2D eigenvalue weighted by molar-refractivity contribution is 0.419. The van der Waals surface area contributed by atoms with Crippen molar-refractivity contribution in [1.29, 1.82) is 0 Å². The van der Waals surface area contributed by atoms with Crippen LogP contribution >= 0.6 is 0 Å². The fourth-order valence-electron chi connectivity index (χ4n) is 2.04. The number of nitrogens with zero attached hydrogens (tertiary/aromatic N) is 1. The molecule has 1 unspecified atom stereocenters. The lowest BCUT2D eigenvalue weighted by Gasteiger charge is -2.13. The molecule has 0 radical (unpaired) electrons. The highest BCUT2D eigenvalue weighted by Gasteiger charge is 2.08. The highest BCUT2D eigenvalue weighted by atomic mass is 16.5. The number of fused-ring (bicyclic) bond motifs is 1. The normalized spacial score (nSPS) is 12.6. The van der Waals surface area contributed by atoms with Gasteiger partial charge in [-0.25, -0.2) is 0 Å². The smallest absolute Gasteiger partial charge is 0.126 e. The van der Waals surface area contributed by atoms with E-state index < -0.39 is 0 Å². The standard InChI is InChI=1S/C14H18N2O/c1-10(8-15)7-11-3-4-14(17-2)12-5-6-16-9-13(11)12/h3-6,9-10H,7-8,15H2,1-2H3. The first kappa shape index (κ1) is 11.9. The van der Waals surface area contributed by atoms with Crippen LogP contribution < -0.4 is 10.5 Å². The van der Waals surface area contributed by atoms with E-state index in [2.05, 4.69) is 18.0 Å². The molecule has 1 aromatic heterocycles. The maximum Gasteiger partial charge on any atom is 0.126 e. The maximum atomic E-state index is 5.68. The van der Waals surface area contributed by atoms with Crippen LogP contribution in [-0.2, 0) is 6.42 Å². The molecule has 0 aliphatic heterocycles. The molecule has 0 spiro atoms. The third-order valence-corrected chi connectivity index (χ3v) is 3.06. The molecule has 17 heavy (non-hydrogen) atoms. The van der Waals surface area contributed by atoms with Crippen LogP contribution in [-0.4, -0.2) is 18.6 Å². The Morgan fingerprint density at radius 2 is 2.12 bits per heavy atom. The number of hydrogen-bond acceptors (Lipinski definition) is 3. The molecule has 2 rings (SSSR count). The Kier molecular flexibility index (Phi) is 3.59. The van der Waals surface area contributed by atoms with E-state index in [-0.39, 0.29) is 0 Å². The molecular formula is C14H18N2O. The molecule has 3 nitrogen and oxygen atoms in total. The van der Waals surface area contributed by atoms with Crippen LogP contribution in [0.2, 0.25) is 0 Å². The summed E-state index contributed by atoms with van der Waals surface area (Å²) in [7, 11) is 1.69. The molecule has 3 heteroatoms. The third kappa shape index (κ3) is 2.39. The van der Waals surface area contributed by atoms with Crippen molar-refractivity contribution in [3.05, 3.63) is 36.2 Å². The molecule has 90 valence electrons. The van der Waals surface area contributed by atoms with Crippen molar-refractivity contribution in [1.82, 2.24) is 4.98 Å². The van der Waals surface area contributed by atoms with Gasteiger partial charge in [-0.15, -0.1) is 0 Å². The number of aromatic nitrogens is 1. The summed E-state index contributed by atoms with van der Waals surface area (Å²) in [5.41, 5.74) is 6.96. The van der Waals surface area contributed by atoms with Crippen LogP contribution in [0.15, 0.2) is 30.6 Å². The second-order valence-corrected chi connectivity index (χ2v) is 4.39. The fraction of sp³-hybridized carbons (Fsp3) is 0.357. The van der Waals surface area contributed by atoms with Crippen molar-refractivity contribution in [3.63, 3.8) is 0 Å². The topological polar surface area (TPSA) is 48.1 Å². The molecule has 1 heterocycles. The number of ether oxygens (including phenoxy) is 1. The Morgan fingerprint density at radius 3 is 2.82 bits per heavy atom. The van der Waals surface area contributed by atoms with Gasteiger partial charge in [-0.3, -0.25) is 4.98 Å². The molecule has 1 atom stereocenters. The molecule has 0 saturated carbocycles. The van der Waals surface area contributed by atoms with E-state index in [1.807, 2.05) is 18.3 Å². The number of hydrogen-bond donors (Lipinski definition) is 1. The van der Waals surface area contributed by atoms with Gasteiger partial charge in [-0.2, -0.15) is 0 Å². The number of pyridine rings is 1. The molecule has 0 saturated heterocycles. The molecule has 2 aromatic rings. The lowest BCUT2D eigenvalue weighted by Crippen LogP contribution is -2.13. The fourth-order valence-corrected chi connectivity index (χ4v) is 2.04. The lowest BCUT2D eigenvalue weighted by atomic mass is 9.96. The first-order chi connectivity index (χ1) is 8.26. The van der Waals surface area contributed by atoms with Crippen LogP contribution in [0.4, 0.5) is 0 Å². The SMILES string of the molecule is COc1ccc(CC(C)CN)c2cnccc12. The molecule has 0 aliphatic carbocycles. The third-order valence-electron chi connectivity index (χ3n) is 3.06. The Balaban J connectivity index is 2.51. The van der Waals surface area contributed by atoms with Gasteiger partial charge in [0.25, 0.3) is 0 Å². The minimum absolute atomic E-state index is 0.479. The predicted molar refractivity (Wildman–Crippen MR) is 70.2 cm³/mol. The highest BCUT2D eigenvalue weighted by Crippen LogP contribution is 2.28. The summed E-state index contributed by atoms with van der Waals surface area (Å²) in [6.07, 6.45) is 4.67. The minimum Gasteiger partial charge on any atom is -0.496 e. The monoisotopic (exact) mass is 230 g/mol. The zero-order valence-electron chi connectivity index (χ0n) is 10.3. The van der Waals surface area contributed by atoms with Crippen molar-refractivity contribution < 1.29 is 4.74 Å². The summed E-state index contributed by atoms with van der Waals surface area (Å²) >= 11 is 0. The Bertz CT molecular complexity index is 511. The molecule has 0 bridgehead atoms. The van der Waals surface area contributed by atoms with Gasteiger partial charge < -0.3 is 10.5 Å². The zero-order chi connectivity index (χ0) is 12.3.